The molecular formula is C16H18N3O3S+. The number of hydrogen-bond donors (Lipinski definition) is 2. The van der Waals surface area contributed by atoms with Gasteiger partial charge in [-0.2, -0.15) is 0 Å². The van der Waals surface area contributed by atoms with Gasteiger partial charge in [-0.3, -0.25) is 9.69 Å². The molecule has 0 bridgehead atoms. The number of fused-ring (bicyclic) bond motifs is 1. The van der Waals surface area contributed by atoms with Gasteiger partial charge in [0.25, 0.3) is 0 Å². The van der Waals surface area contributed by atoms with E-state index < -0.39 is 12.0 Å². The number of rotatable bonds is 4. The lowest BCUT2D eigenvalue weighted by atomic mass is 10.0. The number of nitrogens with two attached hydrogens (primary N) is 1. The van der Waals surface area contributed by atoms with E-state index in [1.54, 1.807) is 0 Å². The summed E-state index contributed by atoms with van der Waals surface area (Å²) in [5.74, 6) is -0.0715. The maximum Gasteiger partial charge on any atom is 0.352 e. The van der Waals surface area contributed by atoms with Crippen LogP contribution in [0.2, 0.25) is 0 Å². The van der Waals surface area contributed by atoms with Crippen LogP contribution < -0.4 is 10.3 Å². The van der Waals surface area contributed by atoms with Crippen LogP contribution in [-0.4, -0.2) is 39.1 Å². The summed E-state index contributed by atoms with van der Waals surface area (Å²) >= 11 is 1.54. The van der Waals surface area contributed by atoms with E-state index in [4.69, 9.17) is 5.73 Å². The number of carboxylic acids is 1. The Morgan fingerprint density at radius 3 is 2.70 bits per heavy atom. The maximum atomic E-state index is 11.9. The van der Waals surface area contributed by atoms with Crippen LogP contribution in [0.1, 0.15) is 24.3 Å². The lowest BCUT2D eigenvalue weighted by Crippen LogP contribution is -2.68. The third-order valence-corrected chi connectivity index (χ3v) is 5.99. The minimum absolute atomic E-state index is 0.110. The summed E-state index contributed by atoms with van der Waals surface area (Å²) in [6.45, 7) is 0.477. The molecule has 7 heteroatoms. The van der Waals surface area contributed by atoms with Crippen molar-refractivity contribution in [3.8, 4) is 0 Å². The summed E-state index contributed by atoms with van der Waals surface area (Å²) in [5.41, 5.74) is 7.96. The van der Waals surface area contributed by atoms with E-state index >= 15 is 0 Å². The molecule has 1 amide bonds. The minimum atomic E-state index is -1.05. The van der Waals surface area contributed by atoms with Crippen LogP contribution in [0.4, 0.5) is 0 Å². The third kappa shape index (κ3) is 2.44. The van der Waals surface area contributed by atoms with E-state index in [0.717, 1.165) is 5.57 Å². The van der Waals surface area contributed by atoms with Crippen LogP contribution >= 0.6 is 11.8 Å². The first-order chi connectivity index (χ1) is 11.1. The number of amides is 1. The van der Waals surface area contributed by atoms with Gasteiger partial charge in [0.05, 0.1) is 0 Å². The zero-order valence-electron chi connectivity index (χ0n) is 12.5. The van der Waals surface area contributed by atoms with Gasteiger partial charge in [-0.05, 0) is 24.3 Å². The molecule has 1 aromatic heterocycles. The molecule has 1 saturated carbocycles. The molecule has 2 aliphatic heterocycles. The molecule has 2 unspecified atom stereocenters. The largest absolute Gasteiger partial charge is 0.477 e. The van der Waals surface area contributed by atoms with E-state index in [-0.39, 0.29) is 17.0 Å². The molecule has 3 heterocycles. The third-order valence-electron chi connectivity index (χ3n) is 4.63. The SMILES string of the molecule is NC1C(=O)N2C(C(=O)O)=C(C[n+]3ccc(C4CC4)cc3)CSC12. The molecule has 3 N–H and O–H groups in total. The molecule has 0 aromatic carbocycles. The number of carboxylic acid groups (broad SMARTS) is 1. The predicted molar refractivity (Wildman–Crippen MR) is 84.3 cm³/mol. The Hall–Kier alpha value is -1.86. The summed E-state index contributed by atoms with van der Waals surface area (Å²) < 4.78 is 1.97. The van der Waals surface area contributed by atoms with Crippen molar-refractivity contribution in [3.05, 3.63) is 41.4 Å². The van der Waals surface area contributed by atoms with Gasteiger partial charge in [-0.25, -0.2) is 9.36 Å². The average Bonchev–Trinajstić information content (AvgIpc) is 3.39. The number of aliphatic carboxylic acids is 1. The van der Waals surface area contributed by atoms with Crippen LogP contribution in [0.3, 0.4) is 0 Å². The lowest BCUT2D eigenvalue weighted by Gasteiger charge is -2.47. The van der Waals surface area contributed by atoms with Gasteiger partial charge >= 0.3 is 5.97 Å². The summed E-state index contributed by atoms with van der Waals surface area (Å²) in [6.07, 6.45) is 6.49. The van der Waals surface area contributed by atoms with Crippen molar-refractivity contribution in [3.63, 3.8) is 0 Å². The highest BCUT2D eigenvalue weighted by Gasteiger charge is 2.52. The maximum absolute atomic E-state index is 11.9. The van der Waals surface area contributed by atoms with Gasteiger partial charge in [0.15, 0.2) is 18.9 Å². The highest BCUT2D eigenvalue weighted by atomic mass is 32.2. The van der Waals surface area contributed by atoms with Crippen molar-refractivity contribution in [2.75, 3.05) is 5.75 Å². The summed E-state index contributed by atoms with van der Waals surface area (Å²) in [5, 5.41) is 9.29. The Balaban J connectivity index is 1.60. The molecule has 1 aliphatic carbocycles. The van der Waals surface area contributed by atoms with E-state index in [2.05, 4.69) is 12.1 Å². The van der Waals surface area contributed by atoms with Crippen molar-refractivity contribution < 1.29 is 19.3 Å². The number of hydrogen-bond acceptors (Lipinski definition) is 4. The highest BCUT2D eigenvalue weighted by Crippen LogP contribution is 2.40. The Labute approximate surface area is 138 Å². The normalized spacial score (nSPS) is 26.8. The van der Waals surface area contributed by atoms with E-state index in [1.807, 2.05) is 17.0 Å². The topological polar surface area (TPSA) is 87.5 Å². The van der Waals surface area contributed by atoms with Gasteiger partial charge in [0.2, 0.25) is 5.91 Å². The number of carbonyl (C=O) groups excluding carboxylic acids is 1. The van der Waals surface area contributed by atoms with E-state index in [0.29, 0.717) is 18.2 Å². The Morgan fingerprint density at radius 2 is 2.09 bits per heavy atom. The van der Waals surface area contributed by atoms with Crippen molar-refractivity contribution in [1.82, 2.24) is 4.90 Å². The molecule has 23 heavy (non-hydrogen) atoms. The number of aromatic nitrogens is 1. The van der Waals surface area contributed by atoms with E-state index in [1.165, 1.54) is 35.1 Å². The fourth-order valence-corrected chi connectivity index (χ4v) is 4.47. The number of carbonyl (C=O) groups is 2. The molecule has 6 nitrogen and oxygen atoms in total. The van der Waals surface area contributed by atoms with Crippen LogP contribution in [-0.2, 0) is 16.1 Å². The molecule has 4 rings (SSSR count). The zero-order valence-corrected chi connectivity index (χ0v) is 13.3. The summed E-state index contributed by atoms with van der Waals surface area (Å²) in [6, 6.07) is 3.62. The van der Waals surface area contributed by atoms with Gasteiger partial charge in [0.1, 0.15) is 17.1 Å². The van der Waals surface area contributed by atoms with Gasteiger partial charge in [-0.15, -0.1) is 11.8 Å². The second kappa shape index (κ2) is 5.35. The molecule has 1 saturated heterocycles. The number of thioether (sulfide) groups is 1. The summed E-state index contributed by atoms with van der Waals surface area (Å²) in [7, 11) is 0. The number of β-lactam (4-membered cyclic amide) rings is 1. The van der Waals surface area contributed by atoms with Gasteiger partial charge in [-0.1, -0.05) is 0 Å². The fourth-order valence-electron chi connectivity index (χ4n) is 3.19. The first kappa shape index (κ1) is 14.7. The van der Waals surface area contributed by atoms with Crippen LogP contribution in [0.5, 0.6) is 0 Å². The summed E-state index contributed by atoms with van der Waals surface area (Å²) in [4.78, 5) is 24.9. The Bertz CT molecular complexity index is 712. The fraction of sp³-hybridized carbons (Fsp3) is 0.438. The Kier molecular flexibility index (Phi) is 3.42. The van der Waals surface area contributed by atoms with E-state index in [9.17, 15) is 14.7 Å². The minimum Gasteiger partial charge on any atom is -0.477 e. The average molecular weight is 332 g/mol. The standard InChI is InChI=1S/C16H17N3O3S/c17-12-14(20)19-13(16(21)22)11(8-23-15(12)19)7-18-5-3-10(4-6-18)9-1-2-9/h3-6,9,12,15H,1-2,7-8,17H2/p+1. The molecule has 3 aliphatic rings. The monoisotopic (exact) mass is 332 g/mol. The second-order valence-electron chi connectivity index (χ2n) is 6.27. The van der Waals surface area contributed by atoms with Crippen molar-refractivity contribution in [2.24, 2.45) is 5.73 Å². The quantitative estimate of drug-likeness (QED) is 0.617. The lowest BCUT2D eigenvalue weighted by molar-refractivity contribution is -0.689. The van der Waals surface area contributed by atoms with Crippen LogP contribution in [0.15, 0.2) is 35.8 Å². The zero-order chi connectivity index (χ0) is 16.1. The molecule has 2 atom stereocenters. The Morgan fingerprint density at radius 1 is 1.39 bits per heavy atom. The molecule has 1 aromatic rings. The molecule has 0 spiro atoms. The van der Waals surface area contributed by atoms with Crippen molar-refractivity contribution >= 4 is 23.6 Å². The molecule has 2 fully saturated rings. The van der Waals surface area contributed by atoms with Gasteiger partial charge in [0, 0.05) is 23.5 Å². The first-order valence-corrected chi connectivity index (χ1v) is 8.75. The van der Waals surface area contributed by atoms with Crippen molar-refractivity contribution in [2.45, 2.75) is 36.7 Å². The smallest absolute Gasteiger partial charge is 0.352 e. The highest BCUT2D eigenvalue weighted by molar-refractivity contribution is 8.00. The molecule has 0 radical (unpaired) electrons. The van der Waals surface area contributed by atoms with Crippen molar-refractivity contribution in [1.29, 1.82) is 0 Å². The predicted octanol–water partition coefficient (Wildman–Crippen LogP) is 0.433. The first-order valence-electron chi connectivity index (χ1n) is 7.71. The molecular weight excluding hydrogens is 314 g/mol. The number of nitrogens with zero attached hydrogens (tertiary/aromatic N) is 2. The molecule has 120 valence electrons. The van der Waals surface area contributed by atoms with Crippen LogP contribution in [0, 0.1) is 0 Å². The van der Waals surface area contributed by atoms with Crippen LogP contribution in [0.25, 0.3) is 0 Å². The van der Waals surface area contributed by atoms with Gasteiger partial charge < -0.3 is 10.8 Å². The second-order valence-corrected chi connectivity index (χ2v) is 7.38. The number of pyridine rings is 1.